The van der Waals surface area contributed by atoms with Crippen LogP contribution in [0.3, 0.4) is 0 Å². The second-order valence-corrected chi connectivity index (χ2v) is 3.43. The SMILES string of the molecule is Nc1ncccc1NCCc1ccccn1. The van der Waals surface area contributed by atoms with E-state index in [1.165, 1.54) is 0 Å². The zero-order valence-electron chi connectivity index (χ0n) is 8.93. The van der Waals surface area contributed by atoms with Gasteiger partial charge in [0.25, 0.3) is 0 Å². The fourth-order valence-electron chi connectivity index (χ4n) is 1.44. The number of hydrogen-bond donors (Lipinski definition) is 2. The molecule has 0 fully saturated rings. The van der Waals surface area contributed by atoms with Crippen LogP contribution < -0.4 is 11.1 Å². The Bertz CT molecular complexity index is 442. The molecule has 2 aromatic heterocycles. The van der Waals surface area contributed by atoms with Gasteiger partial charge in [0.15, 0.2) is 0 Å². The molecule has 0 spiro atoms. The Morgan fingerprint density at radius 1 is 1.06 bits per heavy atom. The van der Waals surface area contributed by atoms with Crippen molar-refractivity contribution >= 4 is 11.5 Å². The highest BCUT2D eigenvalue weighted by molar-refractivity contribution is 5.60. The Balaban J connectivity index is 1.87. The van der Waals surface area contributed by atoms with E-state index in [1.807, 2.05) is 30.3 Å². The number of nitrogens with one attached hydrogen (secondary N) is 1. The van der Waals surface area contributed by atoms with Crippen LogP contribution >= 0.6 is 0 Å². The second-order valence-electron chi connectivity index (χ2n) is 3.43. The molecular weight excluding hydrogens is 200 g/mol. The number of hydrogen-bond acceptors (Lipinski definition) is 4. The van der Waals surface area contributed by atoms with E-state index in [4.69, 9.17) is 5.73 Å². The highest BCUT2D eigenvalue weighted by Gasteiger charge is 1.98. The Hall–Kier alpha value is -2.10. The van der Waals surface area contributed by atoms with Gasteiger partial charge in [-0.25, -0.2) is 4.98 Å². The number of aromatic nitrogens is 2. The smallest absolute Gasteiger partial charge is 0.146 e. The molecule has 16 heavy (non-hydrogen) atoms. The first-order valence-corrected chi connectivity index (χ1v) is 5.20. The number of nitrogens with zero attached hydrogens (tertiary/aromatic N) is 2. The molecule has 0 unspecified atom stereocenters. The summed E-state index contributed by atoms with van der Waals surface area (Å²) in [6.45, 7) is 0.799. The van der Waals surface area contributed by atoms with E-state index >= 15 is 0 Å². The number of pyridine rings is 2. The lowest BCUT2D eigenvalue weighted by Gasteiger charge is -2.07. The second kappa shape index (κ2) is 5.11. The standard InChI is InChI=1S/C12H14N4/c13-12-11(5-3-8-16-12)15-9-6-10-4-1-2-7-14-10/h1-5,7-8,15H,6,9H2,(H2,13,16). The van der Waals surface area contributed by atoms with Gasteiger partial charge in [-0.05, 0) is 24.3 Å². The molecule has 2 rings (SSSR count). The van der Waals surface area contributed by atoms with Crippen LogP contribution in [0.4, 0.5) is 11.5 Å². The van der Waals surface area contributed by atoms with Crippen molar-refractivity contribution in [2.75, 3.05) is 17.6 Å². The molecule has 0 radical (unpaired) electrons. The van der Waals surface area contributed by atoms with Gasteiger partial charge < -0.3 is 11.1 Å². The van der Waals surface area contributed by atoms with Gasteiger partial charge in [-0.3, -0.25) is 4.98 Å². The van der Waals surface area contributed by atoms with Crippen LogP contribution in [-0.2, 0) is 6.42 Å². The van der Waals surface area contributed by atoms with Gasteiger partial charge >= 0.3 is 0 Å². The van der Waals surface area contributed by atoms with Crippen LogP contribution in [0.1, 0.15) is 5.69 Å². The average molecular weight is 214 g/mol. The Labute approximate surface area is 94.5 Å². The van der Waals surface area contributed by atoms with Gasteiger partial charge in [0.2, 0.25) is 0 Å². The summed E-state index contributed by atoms with van der Waals surface area (Å²) >= 11 is 0. The van der Waals surface area contributed by atoms with E-state index < -0.39 is 0 Å². The van der Waals surface area contributed by atoms with Gasteiger partial charge in [-0.2, -0.15) is 0 Å². The lowest BCUT2D eigenvalue weighted by molar-refractivity contribution is 0.960. The summed E-state index contributed by atoms with van der Waals surface area (Å²) in [5, 5.41) is 3.23. The average Bonchev–Trinajstić information content (AvgIpc) is 2.33. The van der Waals surface area contributed by atoms with Crippen molar-refractivity contribution in [3.63, 3.8) is 0 Å². The monoisotopic (exact) mass is 214 g/mol. The van der Waals surface area contributed by atoms with Crippen LogP contribution in [0.25, 0.3) is 0 Å². The summed E-state index contributed by atoms with van der Waals surface area (Å²) in [7, 11) is 0. The number of nitrogens with two attached hydrogens (primary N) is 1. The summed E-state index contributed by atoms with van der Waals surface area (Å²) in [4.78, 5) is 8.25. The number of rotatable bonds is 4. The summed E-state index contributed by atoms with van der Waals surface area (Å²) in [5.41, 5.74) is 7.65. The summed E-state index contributed by atoms with van der Waals surface area (Å²) in [5.74, 6) is 0.531. The molecule has 0 amide bonds. The summed E-state index contributed by atoms with van der Waals surface area (Å²) in [6, 6.07) is 9.69. The molecule has 82 valence electrons. The molecule has 0 aliphatic rings. The van der Waals surface area contributed by atoms with Crippen molar-refractivity contribution in [2.24, 2.45) is 0 Å². The quantitative estimate of drug-likeness (QED) is 0.813. The lowest BCUT2D eigenvalue weighted by Crippen LogP contribution is -2.08. The molecular formula is C12H14N4. The minimum absolute atomic E-state index is 0.531. The van der Waals surface area contributed by atoms with Crippen molar-refractivity contribution in [3.8, 4) is 0 Å². The van der Waals surface area contributed by atoms with Crippen molar-refractivity contribution in [2.45, 2.75) is 6.42 Å². The molecule has 0 atom stereocenters. The van der Waals surface area contributed by atoms with E-state index in [2.05, 4.69) is 15.3 Å². The molecule has 2 aromatic rings. The van der Waals surface area contributed by atoms with Crippen molar-refractivity contribution in [3.05, 3.63) is 48.4 Å². The molecule has 0 aliphatic carbocycles. The van der Waals surface area contributed by atoms with E-state index in [0.29, 0.717) is 5.82 Å². The third kappa shape index (κ3) is 2.70. The fourth-order valence-corrected chi connectivity index (χ4v) is 1.44. The maximum Gasteiger partial charge on any atom is 0.146 e. The van der Waals surface area contributed by atoms with E-state index in [1.54, 1.807) is 12.4 Å². The number of anilines is 2. The minimum atomic E-state index is 0.531. The Morgan fingerprint density at radius 3 is 2.69 bits per heavy atom. The predicted octanol–water partition coefficient (Wildman–Crippen LogP) is 1.71. The molecule has 4 heteroatoms. The van der Waals surface area contributed by atoms with Gasteiger partial charge in [0.05, 0.1) is 5.69 Å². The molecule has 4 nitrogen and oxygen atoms in total. The molecule has 0 aliphatic heterocycles. The highest BCUT2D eigenvalue weighted by Crippen LogP contribution is 2.13. The van der Waals surface area contributed by atoms with Crippen LogP contribution in [0.5, 0.6) is 0 Å². The Kier molecular flexibility index (Phi) is 3.33. The largest absolute Gasteiger partial charge is 0.382 e. The first-order valence-electron chi connectivity index (χ1n) is 5.20. The molecule has 0 aromatic carbocycles. The maximum absolute atomic E-state index is 5.71. The van der Waals surface area contributed by atoms with Crippen molar-refractivity contribution in [1.82, 2.24) is 9.97 Å². The maximum atomic E-state index is 5.71. The molecule has 0 bridgehead atoms. The molecule has 0 saturated heterocycles. The minimum Gasteiger partial charge on any atom is -0.382 e. The van der Waals surface area contributed by atoms with Gasteiger partial charge in [-0.1, -0.05) is 6.07 Å². The third-order valence-electron chi connectivity index (χ3n) is 2.26. The first kappa shape index (κ1) is 10.4. The Morgan fingerprint density at radius 2 is 1.94 bits per heavy atom. The van der Waals surface area contributed by atoms with E-state index in [0.717, 1.165) is 24.3 Å². The van der Waals surface area contributed by atoms with E-state index in [9.17, 15) is 0 Å². The topological polar surface area (TPSA) is 63.8 Å². The van der Waals surface area contributed by atoms with Gasteiger partial charge in [0.1, 0.15) is 5.82 Å². The van der Waals surface area contributed by atoms with Crippen molar-refractivity contribution in [1.29, 1.82) is 0 Å². The van der Waals surface area contributed by atoms with Gasteiger partial charge in [0, 0.05) is 31.1 Å². The highest BCUT2D eigenvalue weighted by atomic mass is 14.9. The van der Waals surface area contributed by atoms with Crippen LogP contribution in [0.2, 0.25) is 0 Å². The first-order chi connectivity index (χ1) is 7.86. The van der Waals surface area contributed by atoms with Crippen LogP contribution in [0.15, 0.2) is 42.7 Å². The van der Waals surface area contributed by atoms with Crippen LogP contribution in [0, 0.1) is 0 Å². The normalized spacial score (nSPS) is 10.0. The van der Waals surface area contributed by atoms with Crippen molar-refractivity contribution < 1.29 is 0 Å². The third-order valence-corrected chi connectivity index (χ3v) is 2.26. The summed E-state index contributed by atoms with van der Waals surface area (Å²) < 4.78 is 0. The summed E-state index contributed by atoms with van der Waals surface area (Å²) in [6.07, 6.45) is 4.35. The predicted molar refractivity (Wildman–Crippen MR) is 65.1 cm³/mol. The zero-order chi connectivity index (χ0) is 11.2. The van der Waals surface area contributed by atoms with Gasteiger partial charge in [-0.15, -0.1) is 0 Å². The molecule has 0 saturated carbocycles. The lowest BCUT2D eigenvalue weighted by atomic mass is 10.2. The fraction of sp³-hybridized carbons (Fsp3) is 0.167. The van der Waals surface area contributed by atoms with Crippen LogP contribution in [-0.4, -0.2) is 16.5 Å². The number of nitrogen functional groups attached to an aromatic ring is 1. The zero-order valence-corrected chi connectivity index (χ0v) is 8.93. The molecule has 3 N–H and O–H groups in total. The van der Waals surface area contributed by atoms with E-state index in [-0.39, 0.29) is 0 Å². The molecule has 2 heterocycles.